The van der Waals surface area contributed by atoms with Gasteiger partial charge in [-0.1, -0.05) is 36.4 Å². The molecule has 0 saturated heterocycles. The number of nitrogens with zero attached hydrogens (tertiary/aromatic N) is 2. The monoisotopic (exact) mass is 339 g/mol. The summed E-state index contributed by atoms with van der Waals surface area (Å²) >= 11 is 0. The molecule has 132 valence electrons. The van der Waals surface area contributed by atoms with Gasteiger partial charge in [-0.3, -0.25) is 4.79 Å². The summed E-state index contributed by atoms with van der Waals surface area (Å²) < 4.78 is 0. The molecule has 5 nitrogen and oxygen atoms in total. The summed E-state index contributed by atoms with van der Waals surface area (Å²) in [5.41, 5.74) is 7.92. The number of nitrogens with two attached hydrogens (primary N) is 1. The van der Waals surface area contributed by atoms with Crippen molar-refractivity contribution < 1.29 is 9.59 Å². The molecule has 2 aromatic carbocycles. The maximum atomic E-state index is 13.2. The second-order valence-electron chi connectivity index (χ2n) is 7.04. The van der Waals surface area contributed by atoms with E-state index in [2.05, 4.69) is 0 Å². The van der Waals surface area contributed by atoms with Gasteiger partial charge < -0.3 is 5.73 Å². The van der Waals surface area contributed by atoms with Crippen LogP contribution in [0, 0.1) is 13.8 Å². The molecule has 0 aliphatic carbocycles. The minimum atomic E-state index is -0.698. The number of carbonyl (C=O) groups excluding carboxylic acids is 2. The largest absolute Gasteiger partial charge is 0.350 e. The van der Waals surface area contributed by atoms with Crippen LogP contribution in [0.5, 0.6) is 0 Å². The van der Waals surface area contributed by atoms with Gasteiger partial charge in [0.1, 0.15) is 0 Å². The number of urea groups is 1. The van der Waals surface area contributed by atoms with Crippen LogP contribution < -0.4 is 10.7 Å². The maximum absolute atomic E-state index is 13.2. The summed E-state index contributed by atoms with van der Waals surface area (Å²) in [7, 11) is 0. The quantitative estimate of drug-likeness (QED) is 0.839. The summed E-state index contributed by atoms with van der Waals surface area (Å²) in [6.07, 6.45) is 0. The second-order valence-corrected chi connectivity index (χ2v) is 7.04. The van der Waals surface area contributed by atoms with Crippen molar-refractivity contribution in [2.75, 3.05) is 5.01 Å². The van der Waals surface area contributed by atoms with E-state index < -0.39 is 11.6 Å². The Balaban J connectivity index is 2.65. The van der Waals surface area contributed by atoms with E-state index in [-0.39, 0.29) is 5.91 Å². The molecule has 0 saturated carbocycles. The number of anilines is 1. The molecule has 0 aromatic heterocycles. The molecule has 2 aromatic rings. The van der Waals surface area contributed by atoms with E-state index in [0.717, 1.165) is 11.1 Å². The molecular formula is C20H25N3O2. The van der Waals surface area contributed by atoms with Gasteiger partial charge in [0, 0.05) is 5.56 Å². The van der Waals surface area contributed by atoms with Gasteiger partial charge in [0.25, 0.3) is 5.91 Å². The fourth-order valence-electron chi connectivity index (χ4n) is 2.85. The average Bonchev–Trinajstić information content (AvgIpc) is 2.52. The lowest BCUT2D eigenvalue weighted by Crippen LogP contribution is -2.60. The first-order valence-corrected chi connectivity index (χ1v) is 8.20. The molecule has 0 fully saturated rings. The van der Waals surface area contributed by atoms with E-state index in [9.17, 15) is 9.59 Å². The first kappa shape index (κ1) is 18.5. The first-order valence-electron chi connectivity index (χ1n) is 8.20. The number of amides is 3. The lowest BCUT2D eigenvalue weighted by atomic mass is 10.0. The van der Waals surface area contributed by atoms with Crippen LogP contribution in [-0.2, 0) is 0 Å². The number of carbonyl (C=O) groups is 2. The molecule has 2 N–H and O–H groups in total. The molecular weight excluding hydrogens is 314 g/mol. The molecule has 2 rings (SSSR count). The van der Waals surface area contributed by atoms with Crippen molar-refractivity contribution in [2.24, 2.45) is 5.73 Å². The molecule has 0 heterocycles. The molecule has 0 spiro atoms. The molecule has 5 heteroatoms. The van der Waals surface area contributed by atoms with Crippen LogP contribution >= 0.6 is 0 Å². The highest BCUT2D eigenvalue weighted by Gasteiger charge is 2.37. The van der Waals surface area contributed by atoms with E-state index in [1.165, 1.54) is 10.0 Å². The molecule has 0 bridgehead atoms. The number of rotatable bonds is 2. The zero-order valence-corrected chi connectivity index (χ0v) is 15.4. The van der Waals surface area contributed by atoms with Crippen LogP contribution in [-0.4, -0.2) is 22.5 Å². The summed E-state index contributed by atoms with van der Waals surface area (Å²) in [5.74, 6) is -0.283. The molecule has 0 unspecified atom stereocenters. The van der Waals surface area contributed by atoms with Gasteiger partial charge in [0.2, 0.25) is 0 Å². The SMILES string of the molecule is Cc1cccc(C)c1N(C(N)=O)N(C(=O)c1ccccc1)C(C)(C)C. The number of para-hydroxylation sites is 1. The summed E-state index contributed by atoms with van der Waals surface area (Å²) in [6.45, 7) is 9.41. The van der Waals surface area contributed by atoms with Crippen molar-refractivity contribution in [3.05, 3.63) is 65.2 Å². The fraction of sp³-hybridized carbons (Fsp3) is 0.300. The van der Waals surface area contributed by atoms with E-state index in [4.69, 9.17) is 5.73 Å². The lowest BCUT2D eigenvalue weighted by Gasteiger charge is -2.43. The van der Waals surface area contributed by atoms with E-state index in [0.29, 0.717) is 11.3 Å². The normalized spacial score (nSPS) is 11.1. The third-order valence-electron chi connectivity index (χ3n) is 3.91. The molecule has 0 aliphatic rings. The van der Waals surface area contributed by atoms with Crippen molar-refractivity contribution >= 4 is 17.6 Å². The Hall–Kier alpha value is -2.82. The number of primary amides is 1. The predicted octanol–water partition coefficient (Wildman–Crippen LogP) is 4.04. The highest BCUT2D eigenvalue weighted by Crippen LogP contribution is 2.30. The molecule has 0 atom stereocenters. The van der Waals surface area contributed by atoms with Gasteiger partial charge in [-0.2, -0.15) is 5.01 Å². The molecule has 3 amide bonds. The first-order chi connectivity index (χ1) is 11.6. The van der Waals surface area contributed by atoms with E-state index >= 15 is 0 Å². The van der Waals surface area contributed by atoms with Crippen LogP contribution in [0.1, 0.15) is 42.3 Å². The highest BCUT2D eigenvalue weighted by atomic mass is 16.2. The van der Waals surface area contributed by atoms with Gasteiger partial charge in [0.05, 0.1) is 11.2 Å². The highest BCUT2D eigenvalue weighted by molar-refractivity contribution is 6.01. The van der Waals surface area contributed by atoms with Gasteiger partial charge in [-0.25, -0.2) is 9.80 Å². The van der Waals surface area contributed by atoms with Crippen LogP contribution in [0.4, 0.5) is 10.5 Å². The summed E-state index contributed by atoms with van der Waals surface area (Å²) in [6, 6.07) is 13.9. The average molecular weight is 339 g/mol. The van der Waals surface area contributed by atoms with E-state index in [1.54, 1.807) is 24.3 Å². The Kier molecular flexibility index (Phi) is 5.16. The standard InChI is InChI=1S/C20H25N3O2/c1-14-10-9-11-15(2)17(14)22(19(21)25)23(20(3,4)5)18(24)16-12-7-6-8-13-16/h6-13H,1-5H3,(H2,21,25). The maximum Gasteiger partial charge on any atom is 0.338 e. The topological polar surface area (TPSA) is 66.6 Å². The van der Waals surface area contributed by atoms with Crippen LogP contribution in [0.15, 0.2) is 48.5 Å². The Bertz CT molecular complexity index is 759. The van der Waals surface area contributed by atoms with Gasteiger partial charge >= 0.3 is 6.03 Å². The minimum absolute atomic E-state index is 0.283. The van der Waals surface area contributed by atoms with Crippen molar-refractivity contribution in [2.45, 2.75) is 40.2 Å². The zero-order chi connectivity index (χ0) is 18.8. The number of benzene rings is 2. The third kappa shape index (κ3) is 3.82. The lowest BCUT2D eigenvalue weighted by molar-refractivity contribution is 0.0568. The zero-order valence-electron chi connectivity index (χ0n) is 15.4. The van der Waals surface area contributed by atoms with E-state index in [1.807, 2.05) is 58.9 Å². The predicted molar refractivity (Wildman–Crippen MR) is 100 cm³/mol. The van der Waals surface area contributed by atoms with Crippen molar-refractivity contribution in [3.8, 4) is 0 Å². The smallest absolute Gasteiger partial charge is 0.338 e. The summed E-state index contributed by atoms with van der Waals surface area (Å²) in [4.78, 5) is 25.6. The van der Waals surface area contributed by atoms with Crippen molar-refractivity contribution in [3.63, 3.8) is 0 Å². The number of aryl methyl sites for hydroxylation is 2. The molecule has 25 heavy (non-hydrogen) atoms. The van der Waals surface area contributed by atoms with Gasteiger partial charge in [-0.05, 0) is 57.9 Å². The second kappa shape index (κ2) is 6.97. The number of hydrogen-bond donors (Lipinski definition) is 1. The van der Waals surface area contributed by atoms with Crippen LogP contribution in [0.3, 0.4) is 0 Å². The summed E-state index contributed by atoms with van der Waals surface area (Å²) in [5, 5.41) is 2.72. The number of hydrazine groups is 1. The van der Waals surface area contributed by atoms with Crippen molar-refractivity contribution in [1.82, 2.24) is 5.01 Å². The molecule has 0 radical (unpaired) electrons. The Labute approximate surface area is 149 Å². The Morgan fingerprint density at radius 2 is 1.40 bits per heavy atom. The Morgan fingerprint density at radius 3 is 1.84 bits per heavy atom. The fourth-order valence-corrected chi connectivity index (χ4v) is 2.85. The van der Waals surface area contributed by atoms with Gasteiger partial charge in [-0.15, -0.1) is 0 Å². The molecule has 0 aliphatic heterocycles. The Morgan fingerprint density at radius 1 is 0.880 bits per heavy atom. The van der Waals surface area contributed by atoms with Crippen LogP contribution in [0.25, 0.3) is 0 Å². The third-order valence-corrected chi connectivity index (χ3v) is 3.91. The number of hydrogen-bond acceptors (Lipinski definition) is 2. The van der Waals surface area contributed by atoms with Crippen LogP contribution in [0.2, 0.25) is 0 Å². The minimum Gasteiger partial charge on any atom is -0.350 e. The van der Waals surface area contributed by atoms with Crippen molar-refractivity contribution in [1.29, 1.82) is 0 Å². The van der Waals surface area contributed by atoms with Gasteiger partial charge in [0.15, 0.2) is 0 Å².